The Bertz CT molecular complexity index is 502. The first-order valence-corrected chi connectivity index (χ1v) is 8.48. The number of hydrogen-bond donors (Lipinski definition) is 0. The Kier molecular flexibility index (Phi) is 6.01. The van der Waals surface area contributed by atoms with Crippen molar-refractivity contribution < 1.29 is 9.53 Å². The molecule has 22 heavy (non-hydrogen) atoms. The van der Waals surface area contributed by atoms with Crippen LogP contribution >= 0.6 is 0 Å². The van der Waals surface area contributed by atoms with Crippen molar-refractivity contribution in [2.75, 3.05) is 19.6 Å². The standard InChI is InChI=1S/C19H29NO2/c1-14(2)22-19-6-5-17(13-16(19)4)18(21)9-12-20-10-7-15(3)8-11-20/h5-6,13-15H,7-12H2,1-4H3. The molecule has 0 bridgehead atoms. The van der Waals surface area contributed by atoms with Crippen molar-refractivity contribution in [1.29, 1.82) is 0 Å². The Morgan fingerprint density at radius 2 is 2.00 bits per heavy atom. The topological polar surface area (TPSA) is 29.5 Å². The molecule has 0 aliphatic carbocycles. The molecule has 0 spiro atoms. The first-order valence-electron chi connectivity index (χ1n) is 8.48. The lowest BCUT2D eigenvalue weighted by Gasteiger charge is -2.29. The summed E-state index contributed by atoms with van der Waals surface area (Å²) < 4.78 is 5.73. The van der Waals surface area contributed by atoms with Crippen molar-refractivity contribution in [3.63, 3.8) is 0 Å². The summed E-state index contributed by atoms with van der Waals surface area (Å²) in [6.07, 6.45) is 3.28. The highest BCUT2D eigenvalue weighted by molar-refractivity contribution is 5.96. The second kappa shape index (κ2) is 7.77. The van der Waals surface area contributed by atoms with Crippen LogP contribution in [-0.4, -0.2) is 36.4 Å². The molecule has 3 heteroatoms. The molecular formula is C19H29NO2. The van der Waals surface area contributed by atoms with Gasteiger partial charge in [-0.05, 0) is 76.4 Å². The molecule has 1 aliphatic rings. The van der Waals surface area contributed by atoms with Crippen molar-refractivity contribution >= 4 is 5.78 Å². The van der Waals surface area contributed by atoms with Crippen LogP contribution in [0.2, 0.25) is 0 Å². The van der Waals surface area contributed by atoms with E-state index in [4.69, 9.17) is 4.74 Å². The highest BCUT2D eigenvalue weighted by atomic mass is 16.5. The van der Waals surface area contributed by atoms with Gasteiger partial charge in [0.15, 0.2) is 5.78 Å². The number of piperidine rings is 1. The molecular weight excluding hydrogens is 274 g/mol. The average Bonchev–Trinajstić information content (AvgIpc) is 2.48. The van der Waals surface area contributed by atoms with Crippen LogP contribution in [0.25, 0.3) is 0 Å². The SMILES string of the molecule is Cc1cc(C(=O)CCN2CCC(C)CC2)ccc1OC(C)C. The number of ketones is 1. The molecule has 2 rings (SSSR count). The van der Waals surface area contributed by atoms with Crippen LogP contribution in [0.5, 0.6) is 5.75 Å². The van der Waals surface area contributed by atoms with Gasteiger partial charge in [-0.15, -0.1) is 0 Å². The number of hydrogen-bond acceptors (Lipinski definition) is 3. The quantitative estimate of drug-likeness (QED) is 0.741. The monoisotopic (exact) mass is 303 g/mol. The summed E-state index contributed by atoms with van der Waals surface area (Å²) in [7, 11) is 0. The highest BCUT2D eigenvalue weighted by Gasteiger charge is 2.17. The van der Waals surface area contributed by atoms with Gasteiger partial charge in [0.05, 0.1) is 6.10 Å². The van der Waals surface area contributed by atoms with Gasteiger partial charge in [-0.1, -0.05) is 6.92 Å². The Morgan fingerprint density at radius 3 is 2.59 bits per heavy atom. The summed E-state index contributed by atoms with van der Waals surface area (Å²) in [6, 6.07) is 5.77. The molecule has 0 aromatic heterocycles. The first kappa shape index (κ1) is 17.0. The minimum atomic E-state index is 0.154. The molecule has 1 fully saturated rings. The lowest BCUT2D eigenvalue weighted by atomic mass is 9.98. The van der Waals surface area contributed by atoms with E-state index >= 15 is 0 Å². The van der Waals surface area contributed by atoms with Crippen LogP contribution in [0.4, 0.5) is 0 Å². The lowest BCUT2D eigenvalue weighted by Crippen LogP contribution is -2.34. The molecule has 1 saturated heterocycles. The number of carbonyl (C=O) groups excluding carboxylic acids is 1. The Morgan fingerprint density at radius 1 is 1.32 bits per heavy atom. The molecule has 1 aromatic carbocycles. The average molecular weight is 303 g/mol. The minimum Gasteiger partial charge on any atom is -0.491 e. The third-order valence-electron chi connectivity index (χ3n) is 4.39. The van der Waals surface area contributed by atoms with Gasteiger partial charge < -0.3 is 9.64 Å². The molecule has 0 amide bonds. The zero-order valence-corrected chi connectivity index (χ0v) is 14.4. The third-order valence-corrected chi connectivity index (χ3v) is 4.39. The number of Topliss-reactive ketones (excluding diaryl/α,β-unsaturated/α-hetero) is 1. The van der Waals surface area contributed by atoms with Gasteiger partial charge in [-0.25, -0.2) is 0 Å². The highest BCUT2D eigenvalue weighted by Crippen LogP contribution is 2.22. The van der Waals surface area contributed by atoms with E-state index < -0.39 is 0 Å². The number of aryl methyl sites for hydroxylation is 1. The fourth-order valence-corrected chi connectivity index (χ4v) is 2.90. The van der Waals surface area contributed by atoms with E-state index in [1.165, 1.54) is 12.8 Å². The minimum absolute atomic E-state index is 0.154. The van der Waals surface area contributed by atoms with Crippen molar-refractivity contribution in [3.8, 4) is 5.75 Å². The lowest BCUT2D eigenvalue weighted by molar-refractivity contribution is 0.0952. The third kappa shape index (κ3) is 4.84. The van der Waals surface area contributed by atoms with Crippen LogP contribution in [-0.2, 0) is 0 Å². The van der Waals surface area contributed by atoms with Crippen LogP contribution in [0, 0.1) is 12.8 Å². The number of likely N-dealkylation sites (tertiary alicyclic amines) is 1. The zero-order valence-electron chi connectivity index (χ0n) is 14.4. The van der Waals surface area contributed by atoms with E-state index in [1.807, 2.05) is 39.0 Å². The molecule has 1 aromatic rings. The van der Waals surface area contributed by atoms with E-state index in [9.17, 15) is 4.79 Å². The number of rotatable bonds is 6. The maximum absolute atomic E-state index is 12.4. The van der Waals surface area contributed by atoms with Crippen molar-refractivity contribution in [2.45, 2.75) is 53.1 Å². The van der Waals surface area contributed by atoms with Crippen LogP contribution in [0.1, 0.15) is 56.0 Å². The fourth-order valence-electron chi connectivity index (χ4n) is 2.90. The Balaban J connectivity index is 1.88. The molecule has 0 N–H and O–H groups in total. The second-order valence-electron chi connectivity index (χ2n) is 6.84. The molecule has 0 unspecified atom stereocenters. The van der Waals surface area contributed by atoms with E-state index in [2.05, 4.69) is 11.8 Å². The van der Waals surface area contributed by atoms with Crippen LogP contribution < -0.4 is 4.74 Å². The number of nitrogens with zero attached hydrogens (tertiary/aromatic N) is 1. The molecule has 0 atom stereocenters. The summed E-state index contributed by atoms with van der Waals surface area (Å²) in [6.45, 7) is 11.5. The molecule has 1 aliphatic heterocycles. The Labute approximate surface area is 134 Å². The summed E-state index contributed by atoms with van der Waals surface area (Å²) in [5.41, 5.74) is 1.84. The van der Waals surface area contributed by atoms with Crippen LogP contribution in [0.3, 0.4) is 0 Å². The molecule has 0 saturated carbocycles. The predicted molar refractivity (Wildman–Crippen MR) is 90.7 cm³/mol. The fraction of sp³-hybridized carbons (Fsp3) is 0.632. The maximum Gasteiger partial charge on any atom is 0.164 e. The van der Waals surface area contributed by atoms with Crippen molar-refractivity contribution in [1.82, 2.24) is 4.90 Å². The van der Waals surface area contributed by atoms with Gasteiger partial charge in [0.1, 0.15) is 5.75 Å². The number of ether oxygens (including phenoxy) is 1. The normalized spacial score (nSPS) is 17.0. The first-order chi connectivity index (χ1) is 10.5. The Hall–Kier alpha value is -1.35. The van der Waals surface area contributed by atoms with E-state index in [0.717, 1.165) is 42.4 Å². The van der Waals surface area contributed by atoms with Gasteiger partial charge in [0, 0.05) is 18.5 Å². The molecule has 122 valence electrons. The summed E-state index contributed by atoms with van der Waals surface area (Å²) in [5, 5.41) is 0. The van der Waals surface area contributed by atoms with Gasteiger partial charge >= 0.3 is 0 Å². The van der Waals surface area contributed by atoms with Crippen LogP contribution in [0.15, 0.2) is 18.2 Å². The number of benzene rings is 1. The summed E-state index contributed by atoms with van der Waals surface area (Å²) >= 11 is 0. The molecule has 3 nitrogen and oxygen atoms in total. The van der Waals surface area contributed by atoms with E-state index in [-0.39, 0.29) is 11.9 Å². The number of carbonyl (C=O) groups is 1. The summed E-state index contributed by atoms with van der Waals surface area (Å²) in [4.78, 5) is 14.8. The molecule has 1 heterocycles. The smallest absolute Gasteiger partial charge is 0.164 e. The summed E-state index contributed by atoms with van der Waals surface area (Å²) in [5.74, 6) is 1.94. The van der Waals surface area contributed by atoms with Gasteiger partial charge in [-0.3, -0.25) is 4.79 Å². The van der Waals surface area contributed by atoms with E-state index in [0.29, 0.717) is 6.42 Å². The van der Waals surface area contributed by atoms with Crippen molar-refractivity contribution in [2.24, 2.45) is 5.92 Å². The second-order valence-corrected chi connectivity index (χ2v) is 6.84. The van der Waals surface area contributed by atoms with Gasteiger partial charge in [-0.2, -0.15) is 0 Å². The maximum atomic E-state index is 12.4. The van der Waals surface area contributed by atoms with Crippen molar-refractivity contribution in [3.05, 3.63) is 29.3 Å². The van der Waals surface area contributed by atoms with E-state index in [1.54, 1.807) is 0 Å². The largest absolute Gasteiger partial charge is 0.491 e. The zero-order chi connectivity index (χ0) is 16.1. The predicted octanol–water partition coefficient (Wildman–Crippen LogP) is 4.09. The van der Waals surface area contributed by atoms with Gasteiger partial charge in [0.2, 0.25) is 0 Å². The van der Waals surface area contributed by atoms with Gasteiger partial charge in [0.25, 0.3) is 0 Å². The molecule has 0 radical (unpaired) electrons.